The molecule has 0 aliphatic carbocycles. The highest BCUT2D eigenvalue weighted by atomic mass is 79.9. The highest BCUT2D eigenvalue weighted by molar-refractivity contribution is 9.10. The van der Waals surface area contributed by atoms with Crippen molar-refractivity contribution in [2.45, 2.75) is 6.61 Å². The summed E-state index contributed by atoms with van der Waals surface area (Å²) >= 11 is 3.38. The first-order chi connectivity index (χ1) is 14.6. The number of hydrogen-bond acceptors (Lipinski definition) is 5. The monoisotopic (exact) mass is 464 g/mol. The van der Waals surface area contributed by atoms with Crippen LogP contribution in [0.3, 0.4) is 0 Å². The Balaban J connectivity index is 1.44. The second kappa shape index (κ2) is 8.97. The maximum absolute atomic E-state index is 12.8. The van der Waals surface area contributed by atoms with Crippen LogP contribution in [0.5, 0.6) is 5.75 Å². The maximum Gasteiger partial charge on any atom is 0.344 e. The average molecular weight is 465 g/mol. The molecule has 0 saturated heterocycles. The fourth-order valence-corrected chi connectivity index (χ4v) is 3.21. The van der Waals surface area contributed by atoms with E-state index in [-0.39, 0.29) is 18.6 Å². The van der Waals surface area contributed by atoms with Crippen LogP contribution in [-0.2, 0) is 16.1 Å². The van der Waals surface area contributed by atoms with E-state index < -0.39 is 5.97 Å². The Morgan fingerprint density at radius 3 is 2.50 bits per heavy atom. The number of carbonyl (C=O) groups is 1. The van der Waals surface area contributed by atoms with E-state index in [9.17, 15) is 9.59 Å². The van der Waals surface area contributed by atoms with Crippen molar-refractivity contribution in [2.75, 3.05) is 6.61 Å². The van der Waals surface area contributed by atoms with Crippen LogP contribution >= 0.6 is 15.9 Å². The number of halogens is 1. The second-order valence-corrected chi connectivity index (χ2v) is 7.49. The van der Waals surface area contributed by atoms with Crippen LogP contribution in [0.2, 0.25) is 0 Å². The van der Waals surface area contributed by atoms with Crippen molar-refractivity contribution < 1.29 is 18.7 Å². The lowest BCUT2D eigenvalue weighted by Crippen LogP contribution is -2.14. The van der Waals surface area contributed by atoms with E-state index in [1.54, 1.807) is 18.2 Å². The molecule has 0 fully saturated rings. The molecule has 3 aromatic carbocycles. The zero-order valence-corrected chi connectivity index (χ0v) is 17.4. The Kier molecular flexibility index (Phi) is 5.95. The van der Waals surface area contributed by atoms with Crippen molar-refractivity contribution in [3.63, 3.8) is 0 Å². The van der Waals surface area contributed by atoms with Gasteiger partial charge in [-0.15, -0.1) is 0 Å². The van der Waals surface area contributed by atoms with Crippen LogP contribution in [0.4, 0.5) is 0 Å². The van der Waals surface area contributed by atoms with Crippen LogP contribution in [0.25, 0.3) is 22.1 Å². The molecule has 1 aromatic heterocycles. The third-order valence-corrected chi connectivity index (χ3v) is 5.03. The van der Waals surface area contributed by atoms with Gasteiger partial charge in [-0.05, 0) is 35.4 Å². The van der Waals surface area contributed by atoms with Crippen molar-refractivity contribution in [1.29, 1.82) is 0 Å². The molecule has 0 spiro atoms. The lowest BCUT2D eigenvalue weighted by atomic mass is 10.1. The Morgan fingerprint density at radius 1 is 0.967 bits per heavy atom. The van der Waals surface area contributed by atoms with Gasteiger partial charge in [-0.1, -0.05) is 58.4 Å². The number of esters is 1. The number of benzene rings is 3. The molecule has 1 heterocycles. The fourth-order valence-electron chi connectivity index (χ4n) is 2.95. The summed E-state index contributed by atoms with van der Waals surface area (Å²) in [6.07, 6.45) is 1.44. The van der Waals surface area contributed by atoms with Crippen molar-refractivity contribution in [3.05, 3.63) is 99.3 Å². The molecule has 0 aliphatic rings. The minimum atomic E-state index is -0.481. The van der Waals surface area contributed by atoms with Crippen LogP contribution in [0, 0.1) is 0 Å². The van der Waals surface area contributed by atoms with Gasteiger partial charge >= 0.3 is 5.97 Å². The van der Waals surface area contributed by atoms with Gasteiger partial charge in [0.15, 0.2) is 12.0 Å². The van der Waals surface area contributed by atoms with Crippen molar-refractivity contribution in [1.82, 2.24) is 0 Å². The third-order valence-electron chi connectivity index (χ3n) is 4.50. The van der Waals surface area contributed by atoms with Gasteiger partial charge in [-0.3, -0.25) is 4.79 Å². The topological polar surface area (TPSA) is 65.7 Å². The Bertz CT molecular complexity index is 1230. The molecule has 5 nitrogen and oxygen atoms in total. The Hall–Kier alpha value is -3.38. The normalized spacial score (nSPS) is 10.7. The Morgan fingerprint density at radius 2 is 1.73 bits per heavy atom. The first-order valence-corrected chi connectivity index (χ1v) is 10.0. The summed E-state index contributed by atoms with van der Waals surface area (Å²) < 4.78 is 17.3. The minimum Gasteiger partial charge on any atom is -0.482 e. The minimum absolute atomic E-state index is 0.132. The van der Waals surface area contributed by atoms with Crippen LogP contribution in [-0.4, -0.2) is 12.6 Å². The maximum atomic E-state index is 12.8. The first-order valence-electron chi connectivity index (χ1n) is 9.24. The molecule has 0 bridgehead atoms. The van der Waals surface area contributed by atoms with E-state index in [0.717, 1.165) is 15.6 Å². The number of rotatable bonds is 6. The largest absolute Gasteiger partial charge is 0.482 e. The van der Waals surface area contributed by atoms with Crippen molar-refractivity contribution >= 4 is 32.9 Å². The van der Waals surface area contributed by atoms with Gasteiger partial charge in [0, 0.05) is 10.5 Å². The standard InChI is InChI=1S/C24H17BrO5/c25-18-8-6-17(7-9-18)21-14-29-22-12-19(10-11-20(22)24(21)27)28-15-23(26)30-13-16-4-2-1-3-5-16/h1-12,14H,13,15H2. The van der Waals surface area contributed by atoms with E-state index in [4.69, 9.17) is 13.9 Å². The van der Waals surface area contributed by atoms with Gasteiger partial charge in [0.2, 0.25) is 0 Å². The lowest BCUT2D eigenvalue weighted by Gasteiger charge is -2.08. The molecule has 0 N–H and O–H groups in total. The molecule has 4 rings (SSSR count). The van der Waals surface area contributed by atoms with Crippen LogP contribution in [0.15, 0.2) is 92.7 Å². The highest BCUT2D eigenvalue weighted by Crippen LogP contribution is 2.24. The molecular weight excluding hydrogens is 448 g/mol. The van der Waals surface area contributed by atoms with Crippen LogP contribution < -0.4 is 10.2 Å². The first kappa shape index (κ1) is 19.9. The fraction of sp³-hybridized carbons (Fsp3) is 0.0833. The van der Waals surface area contributed by atoms with Gasteiger partial charge < -0.3 is 13.9 Å². The molecule has 0 unspecified atom stereocenters. The third kappa shape index (κ3) is 4.60. The summed E-state index contributed by atoms with van der Waals surface area (Å²) in [5.41, 5.74) is 2.41. The zero-order valence-electron chi connectivity index (χ0n) is 15.8. The molecule has 0 aliphatic heterocycles. The number of hydrogen-bond donors (Lipinski definition) is 0. The summed E-state index contributed by atoms with van der Waals surface area (Å²) in [4.78, 5) is 24.7. The van der Waals surface area contributed by atoms with E-state index in [0.29, 0.717) is 22.3 Å². The Labute approximate surface area is 181 Å². The van der Waals surface area contributed by atoms with Gasteiger partial charge in [0.1, 0.15) is 24.2 Å². The molecule has 150 valence electrons. The van der Waals surface area contributed by atoms with Crippen LogP contribution in [0.1, 0.15) is 5.56 Å². The predicted octanol–water partition coefficient (Wildman–Crippen LogP) is 5.34. The summed E-state index contributed by atoms with van der Waals surface area (Å²) in [7, 11) is 0. The lowest BCUT2D eigenvalue weighted by molar-refractivity contribution is -0.147. The van der Waals surface area contributed by atoms with Crippen molar-refractivity contribution in [3.8, 4) is 16.9 Å². The predicted molar refractivity (Wildman–Crippen MR) is 117 cm³/mol. The molecule has 0 saturated carbocycles. The van der Waals surface area contributed by atoms with Gasteiger partial charge in [0.05, 0.1) is 10.9 Å². The average Bonchev–Trinajstić information content (AvgIpc) is 2.78. The number of fused-ring (bicyclic) bond motifs is 1. The highest BCUT2D eigenvalue weighted by Gasteiger charge is 2.11. The second-order valence-electron chi connectivity index (χ2n) is 6.58. The van der Waals surface area contributed by atoms with E-state index in [1.165, 1.54) is 6.26 Å². The van der Waals surface area contributed by atoms with Gasteiger partial charge in [-0.25, -0.2) is 4.79 Å². The smallest absolute Gasteiger partial charge is 0.344 e. The number of carbonyl (C=O) groups excluding carboxylic acids is 1. The SMILES string of the molecule is O=C(COc1ccc2c(=O)c(-c3ccc(Br)cc3)coc2c1)OCc1ccccc1. The summed E-state index contributed by atoms with van der Waals surface area (Å²) in [6.45, 7) is -0.0476. The molecule has 0 atom stereocenters. The van der Waals surface area contributed by atoms with Gasteiger partial charge in [0.25, 0.3) is 0 Å². The molecule has 0 radical (unpaired) electrons. The zero-order chi connectivity index (χ0) is 20.9. The molecule has 30 heavy (non-hydrogen) atoms. The summed E-state index contributed by atoms with van der Waals surface area (Å²) in [5.74, 6) is -0.0651. The molecule has 6 heteroatoms. The molecule has 4 aromatic rings. The van der Waals surface area contributed by atoms with Gasteiger partial charge in [-0.2, -0.15) is 0 Å². The summed E-state index contributed by atoms with van der Waals surface area (Å²) in [5, 5.41) is 0.439. The quantitative estimate of drug-likeness (QED) is 0.360. The number of ether oxygens (including phenoxy) is 2. The van der Waals surface area contributed by atoms with Crippen molar-refractivity contribution in [2.24, 2.45) is 0 Å². The van der Waals surface area contributed by atoms with E-state index in [1.807, 2.05) is 54.6 Å². The summed E-state index contributed by atoms with van der Waals surface area (Å²) in [6, 6.07) is 21.7. The molecule has 0 amide bonds. The van der Waals surface area contributed by atoms with E-state index >= 15 is 0 Å². The van der Waals surface area contributed by atoms with E-state index in [2.05, 4.69) is 15.9 Å². The molecular formula is C24H17BrO5.